The summed E-state index contributed by atoms with van der Waals surface area (Å²) in [6.07, 6.45) is 6.77. The molecule has 5 rings (SSSR count). The lowest BCUT2D eigenvalue weighted by molar-refractivity contribution is 0.0544. The van der Waals surface area contributed by atoms with E-state index in [9.17, 15) is 4.79 Å². The molecule has 194 valence electrons. The molecule has 0 bridgehead atoms. The molecule has 37 heavy (non-hydrogen) atoms. The van der Waals surface area contributed by atoms with Crippen molar-refractivity contribution >= 4 is 17.0 Å². The Kier molecular flexibility index (Phi) is 6.82. The van der Waals surface area contributed by atoms with Gasteiger partial charge in [0.2, 0.25) is 0 Å². The Hall–Kier alpha value is -3.58. The zero-order valence-corrected chi connectivity index (χ0v) is 22.4. The van der Waals surface area contributed by atoms with Crippen LogP contribution < -0.4 is 4.74 Å². The Morgan fingerprint density at radius 2 is 1.92 bits per heavy atom. The maximum Gasteiger partial charge on any atom is 0.419 e. The van der Waals surface area contributed by atoms with Gasteiger partial charge < -0.3 is 9.47 Å². The van der Waals surface area contributed by atoms with E-state index in [2.05, 4.69) is 39.4 Å². The van der Waals surface area contributed by atoms with E-state index in [4.69, 9.17) is 9.47 Å². The second-order valence-electron chi connectivity index (χ2n) is 10.9. The molecule has 2 aromatic carbocycles. The molecule has 3 heterocycles. The standard InChI is InChI=1S/C30H36N4O3/c1-20-18-27(36-5)24(23-14-17-34(28(20)23)29(35)37-30(2,3)4)19-33-16-7-6-8-26(33)22-11-9-21(10-12-22)25-13-15-31-32-25/h9-15,17-18,26H,6-8,16,19H2,1-5H3,(H,31,32)/t26-/m0/s1. The average Bonchev–Trinajstić information content (AvgIpc) is 3.56. The molecule has 1 atom stereocenters. The Morgan fingerprint density at radius 3 is 2.59 bits per heavy atom. The molecule has 4 aromatic rings. The summed E-state index contributed by atoms with van der Waals surface area (Å²) in [4.78, 5) is 15.5. The van der Waals surface area contributed by atoms with Crippen LogP contribution in [0.5, 0.6) is 5.75 Å². The van der Waals surface area contributed by atoms with Crippen molar-refractivity contribution in [1.29, 1.82) is 0 Å². The molecular weight excluding hydrogens is 464 g/mol. The third-order valence-corrected chi connectivity index (χ3v) is 7.11. The third-order valence-electron chi connectivity index (χ3n) is 7.11. The first-order valence-corrected chi connectivity index (χ1v) is 13.0. The molecule has 0 unspecified atom stereocenters. The van der Waals surface area contributed by atoms with Crippen LogP contribution in [0.15, 0.2) is 54.9 Å². The number of nitrogens with zero attached hydrogens (tertiary/aromatic N) is 3. The highest BCUT2D eigenvalue weighted by Crippen LogP contribution is 2.38. The molecule has 0 aliphatic carbocycles. The summed E-state index contributed by atoms with van der Waals surface area (Å²) >= 11 is 0. The van der Waals surface area contributed by atoms with E-state index in [1.165, 1.54) is 12.0 Å². The van der Waals surface area contributed by atoms with Crippen LogP contribution >= 0.6 is 0 Å². The molecule has 1 saturated heterocycles. The minimum atomic E-state index is -0.565. The number of piperidine rings is 1. The maximum atomic E-state index is 13.0. The first kappa shape index (κ1) is 25.1. The number of rotatable bonds is 5. The van der Waals surface area contributed by atoms with E-state index in [0.29, 0.717) is 6.04 Å². The summed E-state index contributed by atoms with van der Waals surface area (Å²) in [6.45, 7) is 9.42. The number of benzene rings is 2. The van der Waals surface area contributed by atoms with Crippen molar-refractivity contribution in [2.45, 2.75) is 65.1 Å². The molecule has 1 aliphatic heterocycles. The second kappa shape index (κ2) is 10.1. The minimum Gasteiger partial charge on any atom is -0.496 e. The first-order valence-electron chi connectivity index (χ1n) is 13.0. The summed E-state index contributed by atoms with van der Waals surface area (Å²) in [7, 11) is 1.72. The number of ether oxygens (including phenoxy) is 2. The zero-order valence-electron chi connectivity index (χ0n) is 22.4. The lowest BCUT2D eigenvalue weighted by Gasteiger charge is -2.36. The molecule has 7 nitrogen and oxygen atoms in total. The van der Waals surface area contributed by atoms with E-state index in [1.54, 1.807) is 11.7 Å². The number of aryl methyl sites for hydroxylation is 1. The van der Waals surface area contributed by atoms with Crippen molar-refractivity contribution in [2.24, 2.45) is 0 Å². The predicted octanol–water partition coefficient (Wildman–Crippen LogP) is 6.86. The van der Waals surface area contributed by atoms with Crippen LogP contribution in [-0.2, 0) is 11.3 Å². The van der Waals surface area contributed by atoms with Crippen LogP contribution in [0.3, 0.4) is 0 Å². The van der Waals surface area contributed by atoms with Crippen LogP contribution in [-0.4, -0.2) is 45.0 Å². The van der Waals surface area contributed by atoms with Crippen LogP contribution in [0.1, 0.15) is 62.8 Å². The van der Waals surface area contributed by atoms with Crippen molar-refractivity contribution in [3.05, 3.63) is 71.5 Å². The van der Waals surface area contributed by atoms with Gasteiger partial charge in [-0.25, -0.2) is 4.79 Å². The quantitative estimate of drug-likeness (QED) is 0.324. The summed E-state index contributed by atoms with van der Waals surface area (Å²) in [6, 6.07) is 15.1. The Morgan fingerprint density at radius 1 is 1.14 bits per heavy atom. The van der Waals surface area contributed by atoms with Gasteiger partial charge in [0.1, 0.15) is 11.4 Å². The largest absolute Gasteiger partial charge is 0.496 e. The highest BCUT2D eigenvalue weighted by Gasteiger charge is 2.27. The van der Waals surface area contributed by atoms with Crippen molar-refractivity contribution in [2.75, 3.05) is 13.7 Å². The van der Waals surface area contributed by atoms with E-state index in [1.807, 2.05) is 58.3 Å². The Bertz CT molecular complexity index is 1380. The number of hydrogen-bond acceptors (Lipinski definition) is 5. The molecule has 7 heteroatoms. The smallest absolute Gasteiger partial charge is 0.419 e. The fraction of sp³-hybridized carbons (Fsp3) is 0.400. The molecule has 0 saturated carbocycles. The van der Waals surface area contributed by atoms with Gasteiger partial charge in [0, 0.05) is 41.5 Å². The van der Waals surface area contributed by atoms with Crippen molar-refractivity contribution < 1.29 is 14.3 Å². The van der Waals surface area contributed by atoms with Crippen LogP contribution in [0.2, 0.25) is 0 Å². The van der Waals surface area contributed by atoms with E-state index in [0.717, 1.165) is 65.0 Å². The highest BCUT2D eigenvalue weighted by atomic mass is 16.6. The van der Waals surface area contributed by atoms with Gasteiger partial charge in [0.25, 0.3) is 0 Å². The van der Waals surface area contributed by atoms with Crippen LogP contribution in [0.4, 0.5) is 4.79 Å². The van der Waals surface area contributed by atoms with Crippen molar-refractivity contribution in [3.8, 4) is 17.0 Å². The normalized spacial score (nSPS) is 16.7. The monoisotopic (exact) mass is 500 g/mol. The van der Waals surface area contributed by atoms with Gasteiger partial charge in [-0.1, -0.05) is 30.7 Å². The fourth-order valence-corrected chi connectivity index (χ4v) is 5.43. The Balaban J connectivity index is 1.48. The summed E-state index contributed by atoms with van der Waals surface area (Å²) in [5, 5.41) is 8.22. The first-order chi connectivity index (χ1) is 17.7. The summed E-state index contributed by atoms with van der Waals surface area (Å²) < 4.78 is 13.2. The summed E-state index contributed by atoms with van der Waals surface area (Å²) in [5.74, 6) is 0.852. The third kappa shape index (κ3) is 5.14. The molecule has 1 fully saturated rings. The van der Waals surface area contributed by atoms with Gasteiger partial charge in [-0.3, -0.25) is 14.6 Å². The van der Waals surface area contributed by atoms with Crippen molar-refractivity contribution in [1.82, 2.24) is 19.7 Å². The molecule has 0 amide bonds. The Labute approximate surface area is 218 Å². The molecule has 2 aromatic heterocycles. The predicted molar refractivity (Wildman–Crippen MR) is 146 cm³/mol. The van der Waals surface area contributed by atoms with Gasteiger partial charge in [0.15, 0.2) is 0 Å². The zero-order chi connectivity index (χ0) is 26.2. The van der Waals surface area contributed by atoms with E-state index >= 15 is 0 Å². The van der Waals surface area contributed by atoms with Gasteiger partial charge in [-0.15, -0.1) is 0 Å². The van der Waals surface area contributed by atoms with Crippen LogP contribution in [0, 0.1) is 6.92 Å². The van der Waals surface area contributed by atoms with E-state index in [-0.39, 0.29) is 6.09 Å². The number of fused-ring (bicyclic) bond motifs is 1. The molecule has 1 N–H and O–H groups in total. The van der Waals surface area contributed by atoms with Gasteiger partial charge >= 0.3 is 6.09 Å². The number of carbonyl (C=O) groups excluding carboxylic acids is 1. The number of likely N-dealkylation sites (tertiary alicyclic amines) is 1. The maximum absolute atomic E-state index is 13.0. The van der Waals surface area contributed by atoms with Gasteiger partial charge in [0.05, 0.1) is 18.3 Å². The number of nitrogens with one attached hydrogen (secondary N) is 1. The fourth-order valence-electron chi connectivity index (χ4n) is 5.43. The summed E-state index contributed by atoms with van der Waals surface area (Å²) in [5.41, 5.74) is 5.77. The lowest BCUT2D eigenvalue weighted by Crippen LogP contribution is -2.33. The number of aromatic nitrogens is 3. The highest BCUT2D eigenvalue weighted by molar-refractivity contribution is 5.95. The molecule has 0 spiro atoms. The average molecular weight is 501 g/mol. The van der Waals surface area contributed by atoms with E-state index < -0.39 is 5.60 Å². The topological polar surface area (TPSA) is 72.4 Å². The number of carbonyl (C=O) groups is 1. The van der Waals surface area contributed by atoms with Crippen molar-refractivity contribution in [3.63, 3.8) is 0 Å². The van der Waals surface area contributed by atoms with Gasteiger partial charge in [-0.05, 0) is 76.4 Å². The number of aromatic amines is 1. The molecule has 0 radical (unpaired) electrons. The minimum absolute atomic E-state index is 0.316. The molecule has 1 aliphatic rings. The number of methoxy groups -OCH3 is 1. The lowest BCUT2D eigenvalue weighted by atomic mass is 9.93. The SMILES string of the molecule is COc1cc(C)c2c(ccn2C(=O)OC(C)(C)C)c1CN1CCCC[C@H]1c1ccc(-c2cc[nH]n2)cc1. The second-order valence-corrected chi connectivity index (χ2v) is 10.9. The van der Waals surface area contributed by atoms with Crippen LogP contribution in [0.25, 0.3) is 22.2 Å². The number of hydrogen-bond donors (Lipinski definition) is 1. The van der Waals surface area contributed by atoms with Gasteiger partial charge in [-0.2, -0.15) is 5.10 Å². The molecular formula is C30H36N4O3. The number of H-pyrrole nitrogens is 1.